The molecule has 0 N–H and O–H groups in total. The van der Waals surface area contributed by atoms with Crippen LogP contribution in [0.2, 0.25) is 0 Å². The van der Waals surface area contributed by atoms with Crippen LogP contribution in [0.5, 0.6) is 0 Å². The molecular formula is C27H27N3O3S. The second-order valence-corrected chi connectivity index (χ2v) is 10.3. The van der Waals surface area contributed by atoms with Crippen LogP contribution in [0.1, 0.15) is 24.2 Å². The number of rotatable bonds is 6. The van der Waals surface area contributed by atoms with Crippen molar-refractivity contribution in [3.05, 3.63) is 102 Å². The summed E-state index contributed by atoms with van der Waals surface area (Å²) >= 11 is 0. The second-order valence-electron chi connectivity index (χ2n) is 8.44. The predicted octanol–water partition coefficient (Wildman–Crippen LogP) is 4.28. The maximum atomic E-state index is 13.7. The van der Waals surface area contributed by atoms with E-state index in [9.17, 15) is 13.2 Å². The van der Waals surface area contributed by atoms with Gasteiger partial charge in [0.2, 0.25) is 15.9 Å². The lowest BCUT2D eigenvalue weighted by atomic mass is 10.00. The summed E-state index contributed by atoms with van der Waals surface area (Å²) in [6.45, 7) is 2.97. The number of carbonyl (C=O) groups excluding carboxylic acids is 1. The Hall–Kier alpha value is -3.42. The third kappa shape index (κ3) is 3.91. The van der Waals surface area contributed by atoms with Crippen LogP contribution in [0.15, 0.2) is 96.0 Å². The second kappa shape index (κ2) is 9.08. The molecule has 1 unspecified atom stereocenters. The zero-order valence-electron chi connectivity index (χ0n) is 19.0. The first kappa shape index (κ1) is 22.4. The SMILES string of the molecule is CCN(CC(=O)N1CCn2cccc2C1c1ccccc1)S(=O)(=O)c1cccc2ccccc12. The van der Waals surface area contributed by atoms with Crippen LogP contribution in [-0.2, 0) is 21.4 Å². The summed E-state index contributed by atoms with van der Waals surface area (Å²) in [5, 5.41) is 1.51. The molecule has 1 aliphatic heterocycles. The van der Waals surface area contributed by atoms with Gasteiger partial charge in [0.25, 0.3) is 0 Å². The van der Waals surface area contributed by atoms with Crippen LogP contribution in [0.4, 0.5) is 0 Å². The molecule has 5 rings (SSSR count). The maximum absolute atomic E-state index is 13.7. The number of amides is 1. The molecular weight excluding hydrogens is 446 g/mol. The van der Waals surface area contributed by atoms with Gasteiger partial charge in [-0.3, -0.25) is 4.79 Å². The summed E-state index contributed by atoms with van der Waals surface area (Å²) in [5.41, 5.74) is 2.04. The minimum absolute atomic E-state index is 0.202. The van der Waals surface area contributed by atoms with E-state index >= 15 is 0 Å². The Morgan fingerprint density at radius 2 is 1.65 bits per heavy atom. The molecule has 174 valence electrons. The zero-order chi connectivity index (χ0) is 23.7. The monoisotopic (exact) mass is 473 g/mol. The first-order valence-corrected chi connectivity index (χ1v) is 12.9. The Bertz CT molecular complexity index is 1420. The maximum Gasteiger partial charge on any atom is 0.244 e. The van der Waals surface area contributed by atoms with Crippen LogP contribution < -0.4 is 0 Å². The molecule has 0 fully saturated rings. The highest BCUT2D eigenvalue weighted by Crippen LogP contribution is 2.33. The van der Waals surface area contributed by atoms with E-state index in [2.05, 4.69) is 4.57 Å². The van der Waals surface area contributed by atoms with Crippen molar-refractivity contribution >= 4 is 26.7 Å². The highest BCUT2D eigenvalue weighted by atomic mass is 32.2. The average molecular weight is 474 g/mol. The van der Waals surface area contributed by atoms with Crippen molar-refractivity contribution in [3.63, 3.8) is 0 Å². The lowest BCUT2D eigenvalue weighted by Gasteiger charge is -2.38. The van der Waals surface area contributed by atoms with E-state index in [1.54, 1.807) is 19.1 Å². The van der Waals surface area contributed by atoms with E-state index in [-0.39, 0.29) is 29.9 Å². The molecule has 4 aromatic rings. The summed E-state index contributed by atoms with van der Waals surface area (Å²) < 4.78 is 30.8. The largest absolute Gasteiger partial charge is 0.348 e. The number of benzene rings is 3. The fourth-order valence-corrected chi connectivity index (χ4v) is 6.42. The fourth-order valence-electron chi connectivity index (χ4n) is 4.81. The summed E-state index contributed by atoms with van der Waals surface area (Å²) in [5.74, 6) is -0.202. The van der Waals surface area contributed by atoms with E-state index in [0.29, 0.717) is 18.5 Å². The van der Waals surface area contributed by atoms with Gasteiger partial charge in [-0.15, -0.1) is 0 Å². The number of hydrogen-bond donors (Lipinski definition) is 0. The Kier molecular flexibility index (Phi) is 5.98. The summed E-state index contributed by atoms with van der Waals surface area (Å²) in [7, 11) is -3.86. The van der Waals surface area contributed by atoms with Crippen molar-refractivity contribution in [1.82, 2.24) is 13.8 Å². The quantitative estimate of drug-likeness (QED) is 0.420. The van der Waals surface area contributed by atoms with Gasteiger partial charge in [-0.1, -0.05) is 73.7 Å². The van der Waals surface area contributed by atoms with Crippen molar-refractivity contribution in [3.8, 4) is 0 Å². The number of carbonyl (C=O) groups is 1. The van der Waals surface area contributed by atoms with Gasteiger partial charge < -0.3 is 9.47 Å². The van der Waals surface area contributed by atoms with Crippen molar-refractivity contribution in [2.75, 3.05) is 19.6 Å². The third-order valence-electron chi connectivity index (χ3n) is 6.51. The molecule has 3 aromatic carbocycles. The zero-order valence-corrected chi connectivity index (χ0v) is 19.9. The number of nitrogens with zero attached hydrogens (tertiary/aromatic N) is 3. The van der Waals surface area contributed by atoms with E-state index in [0.717, 1.165) is 16.6 Å². The molecule has 0 saturated heterocycles. The standard InChI is InChI=1S/C27H27N3O3S/c1-2-29(34(32,33)25-16-8-13-21-10-6-7-14-23(21)25)20-26(31)30-19-18-28-17-9-15-24(28)27(30)22-11-4-3-5-12-22/h3-17,27H,2,18-20H2,1H3. The van der Waals surface area contributed by atoms with Gasteiger partial charge in [-0.25, -0.2) is 8.42 Å². The molecule has 0 saturated carbocycles. The van der Waals surface area contributed by atoms with Gasteiger partial charge in [0.05, 0.1) is 17.5 Å². The Morgan fingerprint density at radius 1 is 0.912 bits per heavy atom. The van der Waals surface area contributed by atoms with Gasteiger partial charge in [0, 0.05) is 36.9 Å². The topological polar surface area (TPSA) is 62.6 Å². The van der Waals surface area contributed by atoms with Crippen LogP contribution in [0, 0.1) is 0 Å². The van der Waals surface area contributed by atoms with Crippen molar-refractivity contribution in [1.29, 1.82) is 0 Å². The fraction of sp³-hybridized carbons (Fsp3) is 0.222. The smallest absolute Gasteiger partial charge is 0.244 e. The Morgan fingerprint density at radius 3 is 2.44 bits per heavy atom. The van der Waals surface area contributed by atoms with Gasteiger partial charge in [0.1, 0.15) is 0 Å². The summed E-state index contributed by atoms with van der Waals surface area (Å²) in [6.07, 6.45) is 2.02. The molecule has 7 heteroatoms. The van der Waals surface area contributed by atoms with Gasteiger partial charge in [0.15, 0.2) is 0 Å². The first-order chi connectivity index (χ1) is 16.5. The average Bonchev–Trinajstić information content (AvgIpc) is 3.35. The summed E-state index contributed by atoms with van der Waals surface area (Å²) in [4.78, 5) is 15.7. The molecule has 1 amide bonds. The molecule has 1 aromatic heterocycles. The molecule has 0 spiro atoms. The first-order valence-electron chi connectivity index (χ1n) is 11.5. The molecule has 0 bridgehead atoms. The van der Waals surface area contributed by atoms with E-state index in [1.807, 2.05) is 83.9 Å². The molecule has 1 aliphatic rings. The highest BCUT2D eigenvalue weighted by molar-refractivity contribution is 7.89. The van der Waals surface area contributed by atoms with Crippen LogP contribution in [0.25, 0.3) is 10.8 Å². The molecule has 0 aliphatic carbocycles. The van der Waals surface area contributed by atoms with E-state index in [1.165, 1.54) is 4.31 Å². The molecule has 2 heterocycles. The molecule has 6 nitrogen and oxygen atoms in total. The van der Waals surface area contributed by atoms with Crippen molar-refractivity contribution in [2.45, 2.75) is 24.4 Å². The van der Waals surface area contributed by atoms with Crippen molar-refractivity contribution in [2.24, 2.45) is 0 Å². The van der Waals surface area contributed by atoms with Crippen molar-refractivity contribution < 1.29 is 13.2 Å². The Labute approximate surface area is 200 Å². The van der Waals surface area contributed by atoms with Gasteiger partial charge >= 0.3 is 0 Å². The summed E-state index contributed by atoms with van der Waals surface area (Å²) in [6, 6.07) is 26.3. The number of sulfonamides is 1. The third-order valence-corrected chi connectivity index (χ3v) is 8.48. The highest BCUT2D eigenvalue weighted by Gasteiger charge is 2.35. The van der Waals surface area contributed by atoms with E-state index < -0.39 is 10.0 Å². The normalized spacial score (nSPS) is 16.1. The number of hydrogen-bond acceptors (Lipinski definition) is 3. The van der Waals surface area contributed by atoms with Crippen LogP contribution in [-0.4, -0.2) is 47.7 Å². The minimum Gasteiger partial charge on any atom is -0.348 e. The number of fused-ring (bicyclic) bond motifs is 2. The predicted molar refractivity (Wildman–Crippen MR) is 133 cm³/mol. The van der Waals surface area contributed by atoms with Gasteiger partial charge in [-0.05, 0) is 29.1 Å². The minimum atomic E-state index is -3.86. The number of likely N-dealkylation sites (N-methyl/N-ethyl adjacent to an activating group) is 1. The molecule has 1 atom stereocenters. The van der Waals surface area contributed by atoms with E-state index in [4.69, 9.17) is 0 Å². The molecule has 0 radical (unpaired) electrons. The van der Waals surface area contributed by atoms with Crippen LogP contribution >= 0.6 is 0 Å². The Balaban J connectivity index is 1.47. The number of aromatic nitrogens is 1. The lowest BCUT2D eigenvalue weighted by molar-refractivity contribution is -0.134. The van der Waals surface area contributed by atoms with Crippen LogP contribution in [0.3, 0.4) is 0 Å². The lowest BCUT2D eigenvalue weighted by Crippen LogP contribution is -2.47. The molecule has 34 heavy (non-hydrogen) atoms. The van der Waals surface area contributed by atoms with Gasteiger partial charge in [-0.2, -0.15) is 4.31 Å².